The van der Waals surface area contributed by atoms with Gasteiger partial charge in [-0.15, -0.1) is 14.3 Å². The standard InChI is InChI=1S/C6H12N3P/c1-2-6-5-9(3-4-10)8-7-6/h5H,2-4,10H2,1H3. The largest absolute Gasteiger partial charge is 0.252 e. The fourth-order valence-corrected chi connectivity index (χ4v) is 1.01. The zero-order chi connectivity index (χ0) is 7.40. The molecule has 1 aromatic heterocycles. The Morgan fingerprint density at radius 1 is 1.70 bits per heavy atom. The van der Waals surface area contributed by atoms with Crippen molar-refractivity contribution in [1.82, 2.24) is 15.0 Å². The van der Waals surface area contributed by atoms with Crippen molar-refractivity contribution in [3.63, 3.8) is 0 Å². The molecular formula is C6H12N3P. The molecule has 3 nitrogen and oxygen atoms in total. The molecule has 0 spiro atoms. The maximum absolute atomic E-state index is 3.96. The summed E-state index contributed by atoms with van der Waals surface area (Å²) in [5.41, 5.74) is 1.07. The Hall–Kier alpha value is -0.430. The lowest BCUT2D eigenvalue weighted by molar-refractivity contribution is 0.632. The van der Waals surface area contributed by atoms with Gasteiger partial charge in [-0.25, -0.2) is 0 Å². The van der Waals surface area contributed by atoms with E-state index >= 15 is 0 Å². The summed E-state index contributed by atoms with van der Waals surface area (Å²) in [5.74, 6) is 0. The molecule has 10 heavy (non-hydrogen) atoms. The molecule has 56 valence electrons. The van der Waals surface area contributed by atoms with E-state index in [4.69, 9.17) is 0 Å². The highest BCUT2D eigenvalue weighted by molar-refractivity contribution is 7.16. The first-order chi connectivity index (χ1) is 4.86. The summed E-state index contributed by atoms with van der Waals surface area (Å²) in [6.07, 6.45) is 3.99. The Morgan fingerprint density at radius 2 is 2.50 bits per heavy atom. The van der Waals surface area contributed by atoms with E-state index in [1.165, 1.54) is 0 Å². The van der Waals surface area contributed by atoms with E-state index in [1.54, 1.807) is 0 Å². The minimum Gasteiger partial charge on any atom is -0.252 e. The van der Waals surface area contributed by atoms with E-state index in [9.17, 15) is 0 Å². The molecule has 1 rings (SSSR count). The van der Waals surface area contributed by atoms with Crippen LogP contribution in [-0.2, 0) is 13.0 Å². The summed E-state index contributed by atoms with van der Waals surface area (Å²) in [5, 5.41) is 7.89. The van der Waals surface area contributed by atoms with E-state index in [-0.39, 0.29) is 0 Å². The van der Waals surface area contributed by atoms with Crippen LogP contribution < -0.4 is 0 Å². The van der Waals surface area contributed by atoms with Gasteiger partial charge in [0, 0.05) is 12.7 Å². The van der Waals surface area contributed by atoms with Gasteiger partial charge in [0.05, 0.1) is 5.69 Å². The normalized spacial score (nSPS) is 10.2. The van der Waals surface area contributed by atoms with Crippen LogP contribution in [0, 0.1) is 0 Å². The summed E-state index contributed by atoms with van der Waals surface area (Å²) in [6, 6.07) is 0. The van der Waals surface area contributed by atoms with Gasteiger partial charge in [-0.1, -0.05) is 12.1 Å². The first kappa shape index (κ1) is 7.67. The molecule has 1 aromatic rings. The Labute approximate surface area is 63.0 Å². The molecule has 0 saturated heterocycles. The molecule has 0 aromatic carbocycles. The Balaban J connectivity index is 2.59. The lowest BCUT2D eigenvalue weighted by Gasteiger charge is -1.91. The number of hydrogen-bond donors (Lipinski definition) is 0. The molecule has 1 heterocycles. The number of hydrogen-bond acceptors (Lipinski definition) is 2. The molecule has 0 aliphatic heterocycles. The van der Waals surface area contributed by atoms with Gasteiger partial charge in [0.25, 0.3) is 0 Å². The quantitative estimate of drug-likeness (QED) is 0.605. The number of aromatic nitrogens is 3. The van der Waals surface area contributed by atoms with Gasteiger partial charge >= 0.3 is 0 Å². The zero-order valence-corrected chi connectivity index (χ0v) is 7.27. The Bertz CT molecular complexity index is 197. The number of aryl methyl sites for hydroxylation is 2. The van der Waals surface area contributed by atoms with Crippen molar-refractivity contribution in [3.8, 4) is 0 Å². The molecule has 0 amide bonds. The van der Waals surface area contributed by atoms with Crippen LogP contribution in [0.2, 0.25) is 0 Å². The smallest absolute Gasteiger partial charge is 0.0824 e. The molecule has 0 radical (unpaired) electrons. The molecule has 1 unspecified atom stereocenters. The van der Waals surface area contributed by atoms with Crippen molar-refractivity contribution in [3.05, 3.63) is 11.9 Å². The fraction of sp³-hybridized carbons (Fsp3) is 0.667. The van der Waals surface area contributed by atoms with Crippen LogP contribution in [0.3, 0.4) is 0 Å². The minimum atomic E-state index is 0.942. The second-order valence-electron chi connectivity index (χ2n) is 2.12. The van der Waals surface area contributed by atoms with Crippen molar-refractivity contribution >= 4 is 9.24 Å². The summed E-state index contributed by atoms with van der Waals surface area (Å²) in [6.45, 7) is 3.02. The maximum atomic E-state index is 3.96. The number of nitrogens with zero attached hydrogens (tertiary/aromatic N) is 3. The molecule has 0 fully saturated rings. The van der Waals surface area contributed by atoms with E-state index in [2.05, 4.69) is 26.5 Å². The van der Waals surface area contributed by atoms with Crippen LogP contribution >= 0.6 is 9.24 Å². The van der Waals surface area contributed by atoms with Crippen molar-refractivity contribution in [2.45, 2.75) is 19.9 Å². The minimum absolute atomic E-state index is 0.942. The van der Waals surface area contributed by atoms with Crippen LogP contribution in [0.4, 0.5) is 0 Å². The Kier molecular flexibility index (Phi) is 2.82. The predicted octanol–water partition coefficient (Wildman–Crippen LogP) is 0.716. The molecule has 1 atom stereocenters. The number of rotatable bonds is 3. The molecule has 0 aliphatic carbocycles. The summed E-state index contributed by atoms with van der Waals surface area (Å²) in [4.78, 5) is 0. The van der Waals surface area contributed by atoms with Gasteiger partial charge in [-0.3, -0.25) is 4.68 Å². The van der Waals surface area contributed by atoms with Crippen LogP contribution in [0.25, 0.3) is 0 Å². The lowest BCUT2D eigenvalue weighted by Crippen LogP contribution is -1.98. The molecule has 0 N–H and O–H groups in total. The highest BCUT2D eigenvalue weighted by Gasteiger charge is 1.94. The Morgan fingerprint density at radius 3 is 3.00 bits per heavy atom. The van der Waals surface area contributed by atoms with E-state index in [0.29, 0.717) is 0 Å². The van der Waals surface area contributed by atoms with Crippen molar-refractivity contribution in [1.29, 1.82) is 0 Å². The molecule has 4 heteroatoms. The molecule has 0 aliphatic rings. The molecule has 0 saturated carbocycles. The van der Waals surface area contributed by atoms with Crippen LogP contribution in [-0.4, -0.2) is 21.2 Å². The van der Waals surface area contributed by atoms with Crippen molar-refractivity contribution in [2.24, 2.45) is 0 Å². The summed E-state index contributed by atoms with van der Waals surface area (Å²) in [7, 11) is 2.66. The maximum Gasteiger partial charge on any atom is 0.0824 e. The van der Waals surface area contributed by atoms with E-state index in [1.807, 2.05) is 10.9 Å². The van der Waals surface area contributed by atoms with Gasteiger partial charge in [0.15, 0.2) is 0 Å². The van der Waals surface area contributed by atoms with Crippen LogP contribution in [0.1, 0.15) is 12.6 Å². The van der Waals surface area contributed by atoms with Gasteiger partial charge in [-0.05, 0) is 12.6 Å². The van der Waals surface area contributed by atoms with Gasteiger partial charge in [0.1, 0.15) is 0 Å². The van der Waals surface area contributed by atoms with Crippen molar-refractivity contribution < 1.29 is 0 Å². The summed E-state index contributed by atoms with van der Waals surface area (Å²) >= 11 is 0. The third kappa shape index (κ3) is 1.77. The van der Waals surface area contributed by atoms with Crippen LogP contribution in [0.5, 0.6) is 0 Å². The third-order valence-electron chi connectivity index (χ3n) is 1.31. The van der Waals surface area contributed by atoms with Crippen LogP contribution in [0.15, 0.2) is 6.20 Å². The predicted molar refractivity (Wildman–Crippen MR) is 44.0 cm³/mol. The lowest BCUT2D eigenvalue weighted by atomic mass is 10.4. The molecule has 0 bridgehead atoms. The average molecular weight is 157 g/mol. The van der Waals surface area contributed by atoms with Gasteiger partial charge in [-0.2, -0.15) is 0 Å². The second-order valence-corrected chi connectivity index (χ2v) is 2.69. The third-order valence-corrected chi connectivity index (χ3v) is 1.56. The summed E-state index contributed by atoms with van der Waals surface area (Å²) < 4.78 is 1.87. The van der Waals surface area contributed by atoms with E-state index < -0.39 is 0 Å². The first-order valence-corrected chi connectivity index (χ1v) is 4.27. The zero-order valence-electron chi connectivity index (χ0n) is 6.12. The van der Waals surface area contributed by atoms with Gasteiger partial charge < -0.3 is 0 Å². The highest BCUT2D eigenvalue weighted by atomic mass is 31.0. The average Bonchev–Trinajstić information content (AvgIpc) is 2.37. The first-order valence-electron chi connectivity index (χ1n) is 3.46. The SMILES string of the molecule is CCc1cn(CCP)nn1. The van der Waals surface area contributed by atoms with Crippen molar-refractivity contribution in [2.75, 3.05) is 6.16 Å². The monoisotopic (exact) mass is 157 g/mol. The second kappa shape index (κ2) is 3.67. The molecular weight excluding hydrogens is 145 g/mol. The fourth-order valence-electron chi connectivity index (χ4n) is 0.742. The van der Waals surface area contributed by atoms with Gasteiger partial charge in [0.2, 0.25) is 0 Å². The topological polar surface area (TPSA) is 30.7 Å². The van der Waals surface area contributed by atoms with E-state index in [0.717, 1.165) is 24.8 Å². The highest BCUT2D eigenvalue weighted by Crippen LogP contribution is 1.94.